The quantitative estimate of drug-likeness (QED) is 0.283. The van der Waals surface area contributed by atoms with Crippen LogP contribution in [0.3, 0.4) is 0 Å². The van der Waals surface area contributed by atoms with Gasteiger partial charge in [-0.3, -0.25) is 10.1 Å². The number of rotatable bonds is 4. The van der Waals surface area contributed by atoms with E-state index < -0.39 is 16.9 Å². The summed E-state index contributed by atoms with van der Waals surface area (Å²) in [4.78, 5) is 21.4. The topological polar surface area (TPSA) is 95.5 Å². The molecule has 1 aromatic rings. The molecule has 0 aromatic heterocycles. The molecule has 1 rings (SSSR count). The van der Waals surface area contributed by atoms with Crippen LogP contribution in [0.15, 0.2) is 24.3 Å². The first kappa shape index (κ1) is 13.1. The number of benzene rings is 1. The van der Waals surface area contributed by atoms with Gasteiger partial charge in [-0.05, 0) is 18.1 Å². The first-order valence-electron chi connectivity index (χ1n) is 5.13. The summed E-state index contributed by atoms with van der Waals surface area (Å²) in [6.07, 6.45) is 0. The van der Waals surface area contributed by atoms with Gasteiger partial charge in [0.2, 0.25) is 0 Å². The highest BCUT2D eigenvalue weighted by Crippen LogP contribution is 2.18. The molecule has 0 spiro atoms. The molecule has 92 valence electrons. The maximum absolute atomic E-state index is 11.5. The number of nitrogens with two attached hydrogens (primary N) is 1. The van der Waals surface area contributed by atoms with Gasteiger partial charge in [-0.15, -0.1) is 0 Å². The van der Waals surface area contributed by atoms with Crippen LogP contribution in [0.4, 0.5) is 5.69 Å². The van der Waals surface area contributed by atoms with Crippen LogP contribution in [-0.2, 0) is 4.79 Å². The van der Waals surface area contributed by atoms with Gasteiger partial charge in [0.1, 0.15) is 11.8 Å². The van der Waals surface area contributed by atoms with E-state index in [4.69, 9.17) is 10.5 Å². The third kappa shape index (κ3) is 3.53. The molecule has 2 N–H and O–H groups in total. The smallest absolute Gasteiger partial charge is 0.328 e. The largest absolute Gasteiger partial charge is 0.425 e. The zero-order chi connectivity index (χ0) is 13.0. The molecular weight excluding hydrogens is 226 g/mol. The van der Waals surface area contributed by atoms with Gasteiger partial charge >= 0.3 is 5.97 Å². The van der Waals surface area contributed by atoms with Crippen molar-refractivity contribution in [2.24, 2.45) is 11.7 Å². The third-order valence-electron chi connectivity index (χ3n) is 2.26. The molecule has 0 fully saturated rings. The molecule has 0 saturated carbocycles. The fraction of sp³-hybridized carbons (Fsp3) is 0.364. The molecule has 0 aliphatic heterocycles. The van der Waals surface area contributed by atoms with E-state index in [1.165, 1.54) is 24.3 Å². The van der Waals surface area contributed by atoms with Crippen molar-refractivity contribution in [3.05, 3.63) is 34.4 Å². The number of nitro benzene ring substituents is 1. The summed E-state index contributed by atoms with van der Waals surface area (Å²) in [6.45, 7) is 3.61. The molecule has 0 saturated heterocycles. The Bertz CT molecular complexity index is 414. The van der Waals surface area contributed by atoms with Crippen LogP contribution in [0, 0.1) is 16.0 Å². The summed E-state index contributed by atoms with van der Waals surface area (Å²) in [6, 6.07) is 4.56. The van der Waals surface area contributed by atoms with Gasteiger partial charge in [0.15, 0.2) is 0 Å². The number of nitro groups is 1. The molecule has 0 unspecified atom stereocenters. The third-order valence-corrected chi connectivity index (χ3v) is 2.26. The first-order chi connectivity index (χ1) is 7.91. The lowest BCUT2D eigenvalue weighted by atomic mass is 10.1. The fourth-order valence-electron chi connectivity index (χ4n) is 1.09. The second-order valence-electron chi connectivity index (χ2n) is 3.94. The number of esters is 1. The molecule has 1 atom stereocenters. The van der Waals surface area contributed by atoms with E-state index in [0.29, 0.717) is 0 Å². The summed E-state index contributed by atoms with van der Waals surface area (Å²) in [5.41, 5.74) is 5.55. The van der Waals surface area contributed by atoms with E-state index in [2.05, 4.69) is 0 Å². The molecule has 0 aliphatic carbocycles. The zero-order valence-electron chi connectivity index (χ0n) is 9.62. The van der Waals surface area contributed by atoms with Crippen molar-refractivity contribution in [1.29, 1.82) is 0 Å². The summed E-state index contributed by atoms with van der Waals surface area (Å²) in [7, 11) is 0. The lowest BCUT2D eigenvalue weighted by Gasteiger charge is -2.13. The van der Waals surface area contributed by atoms with Crippen molar-refractivity contribution in [3.8, 4) is 5.75 Å². The minimum absolute atomic E-state index is 0.0273. The molecule has 0 heterocycles. The van der Waals surface area contributed by atoms with Gasteiger partial charge in [0.05, 0.1) is 4.92 Å². The SMILES string of the molecule is CC(C)[C@H](N)C(=[18O])Oc1ccc([N+](=O)[O-])cc1. The van der Waals surface area contributed by atoms with Gasteiger partial charge in [0, 0.05) is 12.1 Å². The average Bonchev–Trinajstić information content (AvgIpc) is 2.28. The minimum atomic E-state index is -0.704. The second kappa shape index (κ2) is 5.40. The Balaban J connectivity index is 2.70. The Morgan fingerprint density at radius 2 is 1.94 bits per heavy atom. The monoisotopic (exact) mass is 240 g/mol. The van der Waals surface area contributed by atoms with Gasteiger partial charge in [0.25, 0.3) is 5.69 Å². The zero-order valence-corrected chi connectivity index (χ0v) is 9.62. The Morgan fingerprint density at radius 1 is 1.41 bits per heavy atom. The van der Waals surface area contributed by atoms with E-state index in [9.17, 15) is 14.9 Å². The minimum Gasteiger partial charge on any atom is -0.425 e. The number of carbonyl (C=O) groups is 1. The van der Waals surface area contributed by atoms with Crippen molar-refractivity contribution >= 4 is 11.7 Å². The molecular formula is C11H14N2O4. The van der Waals surface area contributed by atoms with Crippen LogP contribution in [-0.4, -0.2) is 16.9 Å². The van der Waals surface area contributed by atoms with Crippen LogP contribution in [0.5, 0.6) is 5.75 Å². The highest BCUT2D eigenvalue weighted by molar-refractivity contribution is 5.78. The number of carbonyl (C=O) groups excluding carboxylic acids is 1. The predicted octanol–water partition coefficient (Wildman–Crippen LogP) is 1.48. The summed E-state index contributed by atoms with van der Waals surface area (Å²) >= 11 is 0. The molecule has 1 aromatic carbocycles. The van der Waals surface area contributed by atoms with E-state index in [1.54, 1.807) is 0 Å². The Hall–Kier alpha value is -1.95. The number of non-ortho nitro benzene ring substituents is 1. The van der Waals surface area contributed by atoms with Crippen LogP contribution in [0.1, 0.15) is 13.8 Å². The molecule has 0 radical (unpaired) electrons. The van der Waals surface area contributed by atoms with Crippen LogP contribution < -0.4 is 10.5 Å². The molecule has 0 amide bonds. The number of hydrogen-bond donors (Lipinski definition) is 1. The van der Waals surface area contributed by atoms with Gasteiger partial charge < -0.3 is 10.5 Å². The van der Waals surface area contributed by atoms with E-state index in [1.807, 2.05) is 13.8 Å². The number of ether oxygens (including phenoxy) is 1. The van der Waals surface area contributed by atoms with Gasteiger partial charge in [-0.1, -0.05) is 13.8 Å². The Morgan fingerprint density at radius 3 is 2.35 bits per heavy atom. The maximum Gasteiger partial charge on any atom is 0.328 e. The first-order valence-corrected chi connectivity index (χ1v) is 5.13. The normalized spacial score (nSPS) is 12.2. The van der Waals surface area contributed by atoms with Crippen LogP contribution >= 0.6 is 0 Å². The van der Waals surface area contributed by atoms with E-state index in [0.717, 1.165) is 0 Å². The van der Waals surface area contributed by atoms with Gasteiger partial charge in [-0.2, -0.15) is 0 Å². The van der Waals surface area contributed by atoms with Gasteiger partial charge in [-0.25, -0.2) is 4.79 Å². The Labute approximate surface area is 98.5 Å². The molecule has 17 heavy (non-hydrogen) atoms. The van der Waals surface area contributed by atoms with Crippen molar-refractivity contribution < 1.29 is 14.5 Å². The summed E-state index contributed by atoms with van der Waals surface area (Å²) in [5.74, 6) is -0.328. The number of hydrogen-bond acceptors (Lipinski definition) is 5. The van der Waals surface area contributed by atoms with E-state index in [-0.39, 0.29) is 17.4 Å². The fourth-order valence-corrected chi connectivity index (χ4v) is 1.09. The van der Waals surface area contributed by atoms with Crippen molar-refractivity contribution in [2.75, 3.05) is 0 Å². The van der Waals surface area contributed by atoms with Crippen molar-refractivity contribution in [1.82, 2.24) is 0 Å². The van der Waals surface area contributed by atoms with Crippen LogP contribution in [0.2, 0.25) is 0 Å². The molecule has 6 heteroatoms. The molecule has 6 nitrogen and oxygen atoms in total. The molecule has 0 bridgehead atoms. The standard InChI is InChI=1S/C11H14N2O4/c1-7(2)10(12)11(14)17-9-5-3-8(4-6-9)13(15)16/h3-7,10H,12H2,1-2H3/t10-/m0/s1/i14+2. The second-order valence-corrected chi connectivity index (χ2v) is 3.94. The Kier molecular flexibility index (Phi) is 4.17. The molecule has 0 aliphatic rings. The van der Waals surface area contributed by atoms with Crippen LogP contribution in [0.25, 0.3) is 0 Å². The maximum atomic E-state index is 11.5. The number of nitrogens with zero attached hydrogens (tertiary/aromatic N) is 1. The summed E-state index contributed by atoms with van der Waals surface area (Å²) < 4.78 is 4.99. The lowest BCUT2D eigenvalue weighted by molar-refractivity contribution is -0.384. The van der Waals surface area contributed by atoms with Crippen molar-refractivity contribution in [2.45, 2.75) is 19.9 Å². The predicted molar refractivity (Wildman–Crippen MR) is 61.5 cm³/mol. The summed E-state index contributed by atoms with van der Waals surface area (Å²) in [5, 5.41) is 10.4. The average molecular weight is 240 g/mol. The highest BCUT2D eigenvalue weighted by atomic mass is 18.1. The lowest BCUT2D eigenvalue weighted by Crippen LogP contribution is -2.38. The highest BCUT2D eigenvalue weighted by Gasteiger charge is 2.19. The van der Waals surface area contributed by atoms with E-state index >= 15 is 0 Å². The van der Waals surface area contributed by atoms with Crippen molar-refractivity contribution in [3.63, 3.8) is 0 Å².